The Morgan fingerprint density at radius 2 is 2.23 bits per heavy atom. The number of carbonyl (C=O) groups is 2. The summed E-state index contributed by atoms with van der Waals surface area (Å²) in [7, 11) is 0. The number of hydrogen-bond donors (Lipinski definition) is 2. The van der Waals surface area contributed by atoms with Crippen LogP contribution < -0.4 is 5.32 Å². The third-order valence-electron chi connectivity index (χ3n) is 3.38. The van der Waals surface area contributed by atoms with Crippen LogP contribution in [0.1, 0.15) is 40.8 Å². The van der Waals surface area contributed by atoms with Gasteiger partial charge in [0.25, 0.3) is 0 Å². The summed E-state index contributed by atoms with van der Waals surface area (Å²) in [6, 6.07) is 3.17. The first-order valence-electron chi connectivity index (χ1n) is 6.93. The molecule has 2 heterocycles. The van der Waals surface area contributed by atoms with Gasteiger partial charge in [-0.05, 0) is 31.7 Å². The molecule has 0 saturated carbocycles. The van der Waals surface area contributed by atoms with Gasteiger partial charge in [-0.2, -0.15) is 0 Å². The molecule has 7 heteroatoms. The predicted octanol–water partition coefficient (Wildman–Crippen LogP) is 2.62. The highest BCUT2D eigenvalue weighted by Crippen LogP contribution is 2.22. The Bertz CT molecular complexity index is 629. The third-order valence-corrected chi connectivity index (χ3v) is 4.37. The van der Waals surface area contributed by atoms with Gasteiger partial charge < -0.3 is 14.9 Å². The van der Waals surface area contributed by atoms with Gasteiger partial charge in [-0.15, -0.1) is 11.3 Å². The summed E-state index contributed by atoms with van der Waals surface area (Å²) in [6.07, 6.45) is 0.666. The van der Waals surface area contributed by atoms with E-state index in [2.05, 4.69) is 10.5 Å². The van der Waals surface area contributed by atoms with Crippen LogP contribution in [0.3, 0.4) is 0 Å². The van der Waals surface area contributed by atoms with Crippen LogP contribution in [0.2, 0.25) is 0 Å². The maximum absolute atomic E-state index is 12.1. The van der Waals surface area contributed by atoms with Crippen LogP contribution in [-0.2, 0) is 16.0 Å². The number of hydrogen-bond acceptors (Lipinski definition) is 5. The lowest BCUT2D eigenvalue weighted by Crippen LogP contribution is -2.29. The molecular weight excluding hydrogens is 304 g/mol. The molecule has 0 unspecified atom stereocenters. The Hall–Kier alpha value is -2.15. The molecule has 2 aromatic heterocycles. The first-order valence-corrected chi connectivity index (χ1v) is 7.81. The number of rotatable bonds is 7. The Labute approximate surface area is 132 Å². The zero-order chi connectivity index (χ0) is 16.1. The molecule has 0 aliphatic carbocycles. The molecule has 0 fully saturated rings. The van der Waals surface area contributed by atoms with Crippen molar-refractivity contribution < 1.29 is 19.2 Å². The van der Waals surface area contributed by atoms with Crippen molar-refractivity contribution in [2.24, 2.45) is 0 Å². The zero-order valence-electron chi connectivity index (χ0n) is 12.5. The fourth-order valence-corrected chi connectivity index (χ4v) is 3.03. The maximum atomic E-state index is 12.1. The fraction of sp³-hybridized carbons (Fsp3) is 0.400. The molecule has 0 bridgehead atoms. The van der Waals surface area contributed by atoms with Gasteiger partial charge in [-0.25, -0.2) is 0 Å². The van der Waals surface area contributed by atoms with Crippen molar-refractivity contribution in [2.45, 2.75) is 39.2 Å². The maximum Gasteiger partial charge on any atom is 0.305 e. The van der Waals surface area contributed by atoms with Crippen LogP contribution in [0.25, 0.3) is 0 Å². The molecule has 2 aromatic rings. The summed E-state index contributed by atoms with van der Waals surface area (Å²) >= 11 is 1.43. The molecule has 0 saturated heterocycles. The number of carboxylic acid groups (broad SMARTS) is 1. The van der Waals surface area contributed by atoms with Crippen LogP contribution in [-0.4, -0.2) is 22.1 Å². The number of nitrogens with one attached hydrogen (secondary N) is 1. The Balaban J connectivity index is 1.95. The molecule has 6 nitrogen and oxygen atoms in total. The molecule has 22 heavy (non-hydrogen) atoms. The van der Waals surface area contributed by atoms with Crippen LogP contribution in [0, 0.1) is 13.8 Å². The van der Waals surface area contributed by atoms with Gasteiger partial charge in [0, 0.05) is 16.9 Å². The second-order valence-corrected chi connectivity index (χ2v) is 6.02. The van der Waals surface area contributed by atoms with Gasteiger partial charge in [0.05, 0.1) is 18.2 Å². The predicted molar refractivity (Wildman–Crippen MR) is 81.8 cm³/mol. The first-order chi connectivity index (χ1) is 10.5. The van der Waals surface area contributed by atoms with E-state index in [0.717, 1.165) is 16.1 Å². The van der Waals surface area contributed by atoms with E-state index < -0.39 is 12.0 Å². The van der Waals surface area contributed by atoms with E-state index in [1.807, 2.05) is 31.4 Å². The van der Waals surface area contributed by atoms with E-state index in [0.29, 0.717) is 12.2 Å². The Morgan fingerprint density at radius 1 is 1.45 bits per heavy atom. The molecule has 2 rings (SSSR count). The van der Waals surface area contributed by atoms with Crippen LogP contribution >= 0.6 is 11.3 Å². The highest BCUT2D eigenvalue weighted by atomic mass is 32.1. The lowest BCUT2D eigenvalue weighted by Gasteiger charge is -2.15. The average Bonchev–Trinajstić information content (AvgIpc) is 3.07. The zero-order valence-corrected chi connectivity index (χ0v) is 13.3. The highest BCUT2D eigenvalue weighted by molar-refractivity contribution is 7.10. The van der Waals surface area contributed by atoms with Crippen LogP contribution in [0.15, 0.2) is 22.0 Å². The second-order valence-electron chi connectivity index (χ2n) is 5.04. The summed E-state index contributed by atoms with van der Waals surface area (Å²) in [5, 5.41) is 17.5. The Kier molecular flexibility index (Phi) is 5.32. The molecule has 2 N–H and O–H groups in total. The van der Waals surface area contributed by atoms with Crippen molar-refractivity contribution >= 4 is 23.2 Å². The third kappa shape index (κ3) is 4.17. The molecule has 1 atom stereocenters. The normalized spacial score (nSPS) is 12.1. The minimum Gasteiger partial charge on any atom is -0.481 e. The first kappa shape index (κ1) is 16.2. The van der Waals surface area contributed by atoms with Crippen LogP contribution in [0.4, 0.5) is 0 Å². The number of aryl methyl sites for hydroxylation is 2. The summed E-state index contributed by atoms with van der Waals surface area (Å²) in [4.78, 5) is 23.9. The van der Waals surface area contributed by atoms with E-state index in [4.69, 9.17) is 9.63 Å². The van der Waals surface area contributed by atoms with E-state index >= 15 is 0 Å². The lowest BCUT2D eigenvalue weighted by molar-refractivity contribution is -0.137. The molecule has 0 aliphatic heterocycles. The van der Waals surface area contributed by atoms with Crippen LogP contribution in [0.5, 0.6) is 0 Å². The average molecular weight is 322 g/mol. The Morgan fingerprint density at radius 3 is 2.77 bits per heavy atom. The highest BCUT2D eigenvalue weighted by Gasteiger charge is 2.19. The van der Waals surface area contributed by atoms with Crippen molar-refractivity contribution in [3.8, 4) is 0 Å². The van der Waals surface area contributed by atoms with Crippen molar-refractivity contribution in [3.63, 3.8) is 0 Å². The van der Waals surface area contributed by atoms with E-state index in [9.17, 15) is 9.59 Å². The van der Waals surface area contributed by atoms with Gasteiger partial charge in [0.15, 0.2) is 0 Å². The summed E-state index contributed by atoms with van der Waals surface area (Å²) in [6.45, 7) is 3.65. The lowest BCUT2D eigenvalue weighted by atomic mass is 10.1. The number of nitrogens with zero attached hydrogens (tertiary/aromatic N) is 1. The molecular formula is C15H18N2O4S. The number of carboxylic acids is 1. The monoisotopic (exact) mass is 322 g/mol. The number of aliphatic carboxylic acids is 1. The van der Waals surface area contributed by atoms with E-state index in [-0.39, 0.29) is 18.7 Å². The van der Waals surface area contributed by atoms with E-state index in [1.54, 1.807) is 0 Å². The number of amides is 1. The molecule has 0 aliphatic rings. The van der Waals surface area contributed by atoms with Crippen molar-refractivity contribution in [1.29, 1.82) is 0 Å². The van der Waals surface area contributed by atoms with Gasteiger partial charge in [0.2, 0.25) is 5.91 Å². The smallest absolute Gasteiger partial charge is 0.305 e. The van der Waals surface area contributed by atoms with Crippen molar-refractivity contribution in [2.75, 3.05) is 0 Å². The van der Waals surface area contributed by atoms with Crippen molar-refractivity contribution in [3.05, 3.63) is 39.4 Å². The topological polar surface area (TPSA) is 92.4 Å². The van der Waals surface area contributed by atoms with Crippen molar-refractivity contribution in [1.82, 2.24) is 10.5 Å². The minimum absolute atomic E-state index is 0.127. The molecule has 0 aromatic carbocycles. The molecule has 1 amide bonds. The van der Waals surface area contributed by atoms with Gasteiger partial charge >= 0.3 is 5.97 Å². The second kappa shape index (κ2) is 7.22. The quantitative estimate of drug-likeness (QED) is 0.817. The summed E-state index contributed by atoms with van der Waals surface area (Å²) in [5.41, 5.74) is 1.71. The standard InChI is InChI=1S/C15H18N2O4S/c1-9-11(10(2)21-17-9)5-6-14(18)16-12(8-15(19)20)13-4-3-7-22-13/h3-4,7,12H,5-6,8H2,1-2H3,(H,16,18)(H,19,20)/t12-/m0/s1. The number of carbonyl (C=O) groups excluding carboxylic acids is 1. The molecule has 0 spiro atoms. The fourth-order valence-electron chi connectivity index (χ4n) is 2.25. The SMILES string of the molecule is Cc1noc(C)c1CCC(=O)N[C@@H](CC(=O)O)c1cccs1. The summed E-state index contributed by atoms with van der Waals surface area (Å²) in [5.74, 6) is -0.408. The number of aromatic nitrogens is 1. The largest absolute Gasteiger partial charge is 0.481 e. The van der Waals surface area contributed by atoms with Gasteiger partial charge in [0.1, 0.15) is 5.76 Å². The molecule has 0 radical (unpaired) electrons. The minimum atomic E-state index is -0.940. The molecule has 118 valence electrons. The summed E-state index contributed by atoms with van der Waals surface area (Å²) < 4.78 is 5.06. The van der Waals surface area contributed by atoms with Gasteiger partial charge in [-0.3, -0.25) is 9.59 Å². The number of thiophene rings is 1. The van der Waals surface area contributed by atoms with Gasteiger partial charge in [-0.1, -0.05) is 11.2 Å². The van der Waals surface area contributed by atoms with E-state index in [1.165, 1.54) is 11.3 Å².